The van der Waals surface area contributed by atoms with Crippen molar-refractivity contribution in [3.05, 3.63) is 53.6 Å². The summed E-state index contributed by atoms with van der Waals surface area (Å²) in [4.78, 5) is 0.199. The van der Waals surface area contributed by atoms with E-state index in [0.717, 1.165) is 16.9 Å². The second-order valence-corrected chi connectivity index (χ2v) is 6.96. The Morgan fingerprint density at radius 3 is 2.35 bits per heavy atom. The van der Waals surface area contributed by atoms with Crippen molar-refractivity contribution in [1.82, 2.24) is 4.72 Å². The van der Waals surface area contributed by atoms with E-state index in [1.165, 1.54) is 19.2 Å². The first-order chi connectivity index (χ1) is 10.9. The van der Waals surface area contributed by atoms with E-state index < -0.39 is 10.0 Å². The summed E-state index contributed by atoms with van der Waals surface area (Å²) < 4.78 is 37.4. The molecule has 0 aromatic heterocycles. The predicted octanol–water partition coefficient (Wildman–Crippen LogP) is 2.67. The SMILES string of the molecule is COc1ccc(S(=O)(=O)NCCOc2ccc(C)cc2C)cc1. The van der Waals surface area contributed by atoms with Gasteiger partial charge < -0.3 is 9.47 Å². The van der Waals surface area contributed by atoms with Crippen LogP contribution in [-0.2, 0) is 10.0 Å². The van der Waals surface area contributed by atoms with Crippen LogP contribution in [0.25, 0.3) is 0 Å². The Kier molecular flexibility index (Phi) is 5.63. The third kappa shape index (κ3) is 4.71. The number of rotatable bonds is 7. The van der Waals surface area contributed by atoms with E-state index in [2.05, 4.69) is 4.72 Å². The van der Waals surface area contributed by atoms with Gasteiger partial charge in [0.2, 0.25) is 10.0 Å². The normalized spacial score (nSPS) is 11.3. The molecule has 0 aliphatic rings. The molecule has 0 heterocycles. The van der Waals surface area contributed by atoms with Gasteiger partial charge in [-0.25, -0.2) is 13.1 Å². The van der Waals surface area contributed by atoms with Crippen LogP contribution in [0.15, 0.2) is 47.4 Å². The highest BCUT2D eigenvalue weighted by Gasteiger charge is 2.13. The fourth-order valence-electron chi connectivity index (χ4n) is 2.14. The van der Waals surface area contributed by atoms with Crippen molar-refractivity contribution in [2.24, 2.45) is 0 Å². The van der Waals surface area contributed by atoms with Gasteiger partial charge in [-0.05, 0) is 49.7 Å². The molecule has 0 saturated carbocycles. The highest BCUT2D eigenvalue weighted by Crippen LogP contribution is 2.18. The van der Waals surface area contributed by atoms with Crippen LogP contribution in [-0.4, -0.2) is 28.7 Å². The van der Waals surface area contributed by atoms with Crippen LogP contribution < -0.4 is 14.2 Å². The number of methoxy groups -OCH3 is 1. The van der Waals surface area contributed by atoms with Gasteiger partial charge >= 0.3 is 0 Å². The quantitative estimate of drug-likeness (QED) is 0.790. The summed E-state index contributed by atoms with van der Waals surface area (Å²) in [6.45, 7) is 4.44. The zero-order valence-corrected chi connectivity index (χ0v) is 14.3. The largest absolute Gasteiger partial charge is 0.497 e. The zero-order valence-electron chi connectivity index (χ0n) is 13.5. The molecule has 0 bridgehead atoms. The lowest BCUT2D eigenvalue weighted by Crippen LogP contribution is -2.28. The molecule has 5 nitrogen and oxygen atoms in total. The lowest BCUT2D eigenvalue weighted by Gasteiger charge is -2.11. The van der Waals surface area contributed by atoms with E-state index in [9.17, 15) is 8.42 Å². The molecule has 2 rings (SSSR count). The van der Waals surface area contributed by atoms with E-state index in [1.807, 2.05) is 32.0 Å². The maximum atomic E-state index is 12.1. The van der Waals surface area contributed by atoms with Crippen LogP contribution >= 0.6 is 0 Å². The predicted molar refractivity (Wildman–Crippen MR) is 89.6 cm³/mol. The number of ether oxygens (including phenoxy) is 2. The lowest BCUT2D eigenvalue weighted by atomic mass is 10.1. The molecule has 124 valence electrons. The van der Waals surface area contributed by atoms with Crippen molar-refractivity contribution in [1.29, 1.82) is 0 Å². The summed E-state index contributed by atoms with van der Waals surface area (Å²) in [5.41, 5.74) is 2.19. The molecule has 0 aliphatic heterocycles. The van der Waals surface area contributed by atoms with E-state index >= 15 is 0 Å². The minimum absolute atomic E-state index is 0.196. The summed E-state index contributed by atoms with van der Waals surface area (Å²) in [5, 5.41) is 0. The van der Waals surface area contributed by atoms with Crippen LogP contribution in [0.2, 0.25) is 0 Å². The molecule has 6 heteroatoms. The van der Waals surface area contributed by atoms with Crippen molar-refractivity contribution in [2.75, 3.05) is 20.3 Å². The second-order valence-electron chi connectivity index (χ2n) is 5.19. The molecule has 0 fully saturated rings. The number of nitrogens with one attached hydrogen (secondary N) is 1. The van der Waals surface area contributed by atoms with Crippen LogP contribution in [0.1, 0.15) is 11.1 Å². The topological polar surface area (TPSA) is 64.6 Å². The molecule has 1 N–H and O–H groups in total. The molecule has 2 aromatic carbocycles. The molecule has 0 atom stereocenters. The molecule has 0 aliphatic carbocycles. The molecule has 0 unspecified atom stereocenters. The van der Waals surface area contributed by atoms with Crippen LogP contribution in [0, 0.1) is 13.8 Å². The first-order valence-electron chi connectivity index (χ1n) is 7.26. The molecular formula is C17H21NO4S. The summed E-state index contributed by atoms with van der Waals surface area (Å²) >= 11 is 0. The second kappa shape index (κ2) is 7.48. The maximum Gasteiger partial charge on any atom is 0.240 e. The first kappa shape index (κ1) is 17.3. The number of sulfonamides is 1. The van der Waals surface area contributed by atoms with Gasteiger partial charge in [-0.1, -0.05) is 17.7 Å². The Hall–Kier alpha value is -2.05. The van der Waals surface area contributed by atoms with E-state index in [0.29, 0.717) is 5.75 Å². The average molecular weight is 335 g/mol. The van der Waals surface area contributed by atoms with Crippen LogP contribution in [0.4, 0.5) is 0 Å². The Morgan fingerprint density at radius 2 is 1.74 bits per heavy atom. The van der Waals surface area contributed by atoms with Gasteiger partial charge in [0.1, 0.15) is 18.1 Å². The summed E-state index contributed by atoms with van der Waals surface area (Å²) in [6, 6.07) is 12.1. The van der Waals surface area contributed by atoms with Gasteiger partial charge in [0.25, 0.3) is 0 Å². The minimum Gasteiger partial charge on any atom is -0.497 e. The maximum absolute atomic E-state index is 12.1. The average Bonchev–Trinajstić information content (AvgIpc) is 2.53. The van der Waals surface area contributed by atoms with Gasteiger partial charge in [-0.15, -0.1) is 0 Å². The van der Waals surface area contributed by atoms with Crippen LogP contribution in [0.3, 0.4) is 0 Å². The third-order valence-electron chi connectivity index (χ3n) is 3.35. The lowest BCUT2D eigenvalue weighted by molar-refractivity contribution is 0.320. The van der Waals surface area contributed by atoms with E-state index in [1.54, 1.807) is 12.1 Å². The van der Waals surface area contributed by atoms with Gasteiger partial charge in [-0.2, -0.15) is 0 Å². The van der Waals surface area contributed by atoms with Gasteiger partial charge in [0, 0.05) is 6.54 Å². The van der Waals surface area contributed by atoms with E-state index in [-0.39, 0.29) is 18.0 Å². The molecule has 0 spiro atoms. The van der Waals surface area contributed by atoms with Crippen molar-refractivity contribution >= 4 is 10.0 Å². The third-order valence-corrected chi connectivity index (χ3v) is 4.83. The summed E-state index contributed by atoms with van der Waals surface area (Å²) in [7, 11) is -2.01. The molecule has 0 saturated heterocycles. The standard InChI is InChI=1S/C17H21NO4S/c1-13-4-9-17(14(2)12-13)22-11-10-18-23(19,20)16-7-5-15(21-3)6-8-16/h4-9,12,18H,10-11H2,1-3H3. The van der Waals surface area contributed by atoms with E-state index in [4.69, 9.17) is 9.47 Å². The highest BCUT2D eigenvalue weighted by atomic mass is 32.2. The van der Waals surface area contributed by atoms with Gasteiger partial charge in [0.15, 0.2) is 0 Å². The number of aryl methyl sites for hydroxylation is 2. The number of benzene rings is 2. The molecule has 0 amide bonds. The van der Waals surface area contributed by atoms with Crippen molar-refractivity contribution in [3.8, 4) is 11.5 Å². The molecular weight excluding hydrogens is 314 g/mol. The smallest absolute Gasteiger partial charge is 0.240 e. The number of hydrogen-bond donors (Lipinski definition) is 1. The zero-order chi connectivity index (χ0) is 16.9. The van der Waals surface area contributed by atoms with Crippen molar-refractivity contribution < 1.29 is 17.9 Å². The monoisotopic (exact) mass is 335 g/mol. The Bertz CT molecular complexity index is 755. The van der Waals surface area contributed by atoms with Gasteiger partial charge in [0.05, 0.1) is 12.0 Å². The Morgan fingerprint density at radius 1 is 1.04 bits per heavy atom. The van der Waals surface area contributed by atoms with Crippen molar-refractivity contribution in [3.63, 3.8) is 0 Å². The molecule has 2 aromatic rings. The fourth-order valence-corrected chi connectivity index (χ4v) is 3.15. The van der Waals surface area contributed by atoms with Crippen LogP contribution in [0.5, 0.6) is 11.5 Å². The van der Waals surface area contributed by atoms with Crippen molar-refractivity contribution in [2.45, 2.75) is 18.7 Å². The molecule has 0 radical (unpaired) electrons. The minimum atomic E-state index is -3.54. The van der Waals surface area contributed by atoms with Gasteiger partial charge in [-0.3, -0.25) is 0 Å². The number of hydrogen-bond acceptors (Lipinski definition) is 4. The summed E-state index contributed by atoms with van der Waals surface area (Å²) in [6.07, 6.45) is 0. The Balaban J connectivity index is 1.89. The molecule has 23 heavy (non-hydrogen) atoms. The highest BCUT2D eigenvalue weighted by molar-refractivity contribution is 7.89. The Labute approximate surface area is 137 Å². The fraction of sp³-hybridized carbons (Fsp3) is 0.294. The summed E-state index contributed by atoms with van der Waals surface area (Å²) in [5.74, 6) is 1.38. The first-order valence-corrected chi connectivity index (χ1v) is 8.74.